The van der Waals surface area contributed by atoms with Gasteiger partial charge in [-0.3, -0.25) is 18.2 Å². The van der Waals surface area contributed by atoms with Crippen molar-refractivity contribution in [1.82, 2.24) is 0 Å². The summed E-state index contributed by atoms with van der Waals surface area (Å²) >= 11 is 11.7. The highest BCUT2D eigenvalue weighted by Crippen LogP contribution is 2.39. The molecule has 0 saturated heterocycles. The van der Waals surface area contributed by atoms with Gasteiger partial charge in [-0.05, 0) is 60.2 Å². The summed E-state index contributed by atoms with van der Waals surface area (Å²) in [5.41, 5.74) is 0. The van der Waals surface area contributed by atoms with E-state index in [0.717, 1.165) is 36.4 Å². The molecule has 1 unspecified atom stereocenters. The van der Waals surface area contributed by atoms with Gasteiger partial charge in [-0.15, -0.1) is 0 Å². The van der Waals surface area contributed by atoms with Crippen LogP contribution in [0.1, 0.15) is 0 Å². The molecule has 12 nitrogen and oxygen atoms in total. The fraction of sp³-hybridized carbons (Fsp3) is 0. The molecular formula is C18H13Cl2O12PS4. The van der Waals surface area contributed by atoms with E-state index in [-0.39, 0.29) is 15.9 Å². The van der Waals surface area contributed by atoms with Gasteiger partial charge >= 0.3 is 0 Å². The van der Waals surface area contributed by atoms with Gasteiger partial charge < -0.3 is 0 Å². The lowest BCUT2D eigenvalue weighted by Crippen LogP contribution is -2.24. The van der Waals surface area contributed by atoms with Crippen molar-refractivity contribution in [3.63, 3.8) is 0 Å². The molecule has 0 spiro atoms. The largest absolute Gasteiger partial charge is 0.296 e. The van der Waals surface area contributed by atoms with E-state index in [9.17, 15) is 51.9 Å². The molecule has 0 saturated carbocycles. The van der Waals surface area contributed by atoms with Crippen LogP contribution in [0.25, 0.3) is 0 Å². The standard InChI is InChI=1S/C18H13Cl2O12PS4/c19-14-5-4-11(7-15(14)35(24,25)26)33(10-2-1-3-13(6-10)34(21,22)23)12-8-16(36(27,28)29)18(20)17(9-12)37(30,31)32/h1-9H,(H,21,22,23)(H,24,25,26)(H,27,28,29)(H,30,31,32). The second kappa shape index (κ2) is 10.1. The molecule has 19 heteroatoms. The van der Waals surface area contributed by atoms with Crippen molar-refractivity contribution in [2.45, 2.75) is 19.6 Å². The monoisotopic (exact) mass is 650 g/mol. The first kappa shape index (κ1) is 29.9. The minimum atomic E-state index is -5.20. The van der Waals surface area contributed by atoms with Crippen LogP contribution in [0.2, 0.25) is 10.0 Å². The van der Waals surface area contributed by atoms with Crippen LogP contribution in [0, 0.1) is 0 Å². The van der Waals surface area contributed by atoms with Crippen LogP contribution in [0.5, 0.6) is 0 Å². The van der Waals surface area contributed by atoms with Gasteiger partial charge in [-0.1, -0.05) is 41.4 Å². The molecule has 0 aliphatic rings. The molecule has 1 atom stereocenters. The van der Waals surface area contributed by atoms with Gasteiger partial charge in [0.2, 0.25) is 0 Å². The second-order valence-corrected chi connectivity index (χ2v) is 15.7. The van der Waals surface area contributed by atoms with Crippen LogP contribution in [-0.4, -0.2) is 51.9 Å². The highest BCUT2D eigenvalue weighted by atomic mass is 35.5. The van der Waals surface area contributed by atoms with E-state index in [1.165, 1.54) is 18.2 Å². The first-order valence-electron chi connectivity index (χ1n) is 9.14. The summed E-state index contributed by atoms with van der Waals surface area (Å²) in [6, 6.07) is 9.03. The zero-order valence-corrected chi connectivity index (χ0v) is 23.3. The van der Waals surface area contributed by atoms with E-state index in [0.29, 0.717) is 0 Å². The molecule has 0 heterocycles. The highest BCUT2D eigenvalue weighted by Gasteiger charge is 2.29. The average Bonchev–Trinajstić information content (AvgIpc) is 2.73. The van der Waals surface area contributed by atoms with Crippen molar-refractivity contribution in [3.05, 3.63) is 64.6 Å². The Morgan fingerprint density at radius 3 is 1.46 bits per heavy atom. The van der Waals surface area contributed by atoms with E-state index < -0.39 is 78.0 Å². The minimum absolute atomic E-state index is 0.0152. The third-order valence-corrected chi connectivity index (χ3v) is 11.6. The summed E-state index contributed by atoms with van der Waals surface area (Å²) in [5, 5.41) is -1.83. The minimum Gasteiger partial charge on any atom is -0.282 e. The Labute approximate surface area is 222 Å². The first-order chi connectivity index (χ1) is 16.7. The third kappa shape index (κ3) is 6.66. The quantitative estimate of drug-likeness (QED) is 0.212. The van der Waals surface area contributed by atoms with Crippen molar-refractivity contribution in [1.29, 1.82) is 0 Å². The fourth-order valence-corrected chi connectivity index (χ4v) is 9.38. The summed E-state index contributed by atoms with van der Waals surface area (Å²) in [7, 11) is -22.4. The van der Waals surface area contributed by atoms with Crippen LogP contribution in [0.15, 0.2) is 74.2 Å². The van der Waals surface area contributed by atoms with E-state index in [1.54, 1.807) is 0 Å². The lowest BCUT2D eigenvalue weighted by Gasteiger charge is -2.22. The van der Waals surface area contributed by atoms with Gasteiger partial charge in [-0.2, -0.15) is 33.7 Å². The van der Waals surface area contributed by atoms with Crippen molar-refractivity contribution in [3.8, 4) is 0 Å². The Morgan fingerprint density at radius 2 is 1.00 bits per heavy atom. The van der Waals surface area contributed by atoms with Gasteiger partial charge in [0.05, 0.1) is 14.9 Å². The maximum atomic E-state index is 12.0. The van der Waals surface area contributed by atoms with Gasteiger partial charge in [0.15, 0.2) is 0 Å². The molecular weight excluding hydrogens is 638 g/mol. The SMILES string of the molecule is O=S(=O)(O)c1cccc(P(c2ccc(Cl)c(S(=O)(=O)O)c2)c2cc(S(=O)(=O)O)c(Cl)c(S(=O)(=O)O)c2)c1. The molecule has 200 valence electrons. The lowest BCUT2D eigenvalue weighted by molar-refractivity contribution is 0.478. The molecule has 37 heavy (non-hydrogen) atoms. The van der Waals surface area contributed by atoms with Crippen LogP contribution in [-0.2, 0) is 40.5 Å². The number of hydrogen-bond acceptors (Lipinski definition) is 8. The van der Waals surface area contributed by atoms with Gasteiger partial charge in [-0.25, -0.2) is 0 Å². The van der Waals surface area contributed by atoms with Crippen molar-refractivity contribution in [2.75, 3.05) is 0 Å². The average molecular weight is 651 g/mol. The van der Waals surface area contributed by atoms with E-state index in [2.05, 4.69) is 0 Å². The smallest absolute Gasteiger partial charge is 0.282 e. The van der Waals surface area contributed by atoms with Gasteiger partial charge in [0.25, 0.3) is 40.5 Å². The zero-order valence-electron chi connectivity index (χ0n) is 17.6. The molecule has 0 fully saturated rings. The van der Waals surface area contributed by atoms with Crippen LogP contribution in [0.4, 0.5) is 0 Å². The summed E-state index contributed by atoms with van der Waals surface area (Å²) in [6.07, 6.45) is 0. The van der Waals surface area contributed by atoms with Crippen molar-refractivity contribution in [2.24, 2.45) is 0 Å². The molecule has 0 aliphatic carbocycles. The van der Waals surface area contributed by atoms with Crippen molar-refractivity contribution < 1.29 is 51.9 Å². The van der Waals surface area contributed by atoms with Crippen molar-refractivity contribution >= 4 is 87.5 Å². The maximum absolute atomic E-state index is 12.0. The molecule has 0 aliphatic heterocycles. The summed E-state index contributed by atoms with van der Waals surface area (Å²) in [4.78, 5) is -3.69. The molecule has 0 amide bonds. The molecule has 4 N–H and O–H groups in total. The van der Waals surface area contributed by atoms with Gasteiger partial charge in [0, 0.05) is 0 Å². The van der Waals surface area contributed by atoms with Crippen LogP contribution < -0.4 is 15.9 Å². The fourth-order valence-electron chi connectivity index (χ4n) is 3.12. The highest BCUT2D eigenvalue weighted by molar-refractivity contribution is 7.87. The Balaban J connectivity index is 2.52. The van der Waals surface area contributed by atoms with Crippen LogP contribution in [0.3, 0.4) is 0 Å². The van der Waals surface area contributed by atoms with E-state index in [4.69, 9.17) is 23.2 Å². The normalized spacial score (nSPS) is 13.9. The van der Waals surface area contributed by atoms with Crippen LogP contribution >= 0.6 is 31.1 Å². The Hall–Kier alpha value is -1.69. The molecule has 3 aromatic carbocycles. The first-order valence-corrected chi connectivity index (χ1v) is 17.0. The summed E-state index contributed by atoms with van der Waals surface area (Å²) in [6.45, 7) is 0. The third-order valence-electron chi connectivity index (χ3n) is 4.63. The zero-order chi connectivity index (χ0) is 28.1. The Morgan fingerprint density at radius 1 is 0.541 bits per heavy atom. The predicted octanol–water partition coefficient (Wildman–Crippen LogP) is 1.74. The number of hydrogen-bond donors (Lipinski definition) is 4. The lowest BCUT2D eigenvalue weighted by atomic mass is 10.3. The molecule has 3 rings (SSSR count). The Kier molecular flexibility index (Phi) is 8.17. The van der Waals surface area contributed by atoms with Gasteiger partial charge in [0.1, 0.15) is 14.7 Å². The maximum Gasteiger partial charge on any atom is 0.296 e. The number of halogens is 2. The molecule has 0 bridgehead atoms. The molecule has 0 radical (unpaired) electrons. The summed E-state index contributed by atoms with van der Waals surface area (Å²) in [5.74, 6) is 0. The van der Waals surface area contributed by atoms with E-state index >= 15 is 0 Å². The molecule has 0 aromatic heterocycles. The topological polar surface area (TPSA) is 217 Å². The Bertz CT molecular complexity index is 1800. The summed E-state index contributed by atoms with van der Waals surface area (Å²) < 4.78 is 133. The number of benzene rings is 3. The molecule has 3 aromatic rings. The number of rotatable bonds is 7. The van der Waals surface area contributed by atoms with E-state index in [1.807, 2.05) is 0 Å². The second-order valence-electron chi connectivity index (χ2n) is 7.10. The predicted molar refractivity (Wildman–Crippen MR) is 134 cm³/mol.